The average Bonchev–Trinajstić information content (AvgIpc) is 3.32. The summed E-state index contributed by atoms with van der Waals surface area (Å²) in [5.74, 6) is 0. The van der Waals surface area contributed by atoms with Crippen LogP contribution < -0.4 is 5.32 Å². The van der Waals surface area contributed by atoms with Crippen LogP contribution in [0.4, 0.5) is 0 Å². The first-order chi connectivity index (χ1) is 13.3. The lowest BCUT2D eigenvalue weighted by atomic mass is 9.99. The van der Waals surface area contributed by atoms with Crippen molar-refractivity contribution < 1.29 is 4.74 Å². The Morgan fingerprint density at radius 1 is 1.11 bits per heavy atom. The molecule has 1 aliphatic rings. The fraction of sp³-hybridized carbons (Fsp3) is 0.238. The number of aromatic nitrogens is 2. The Bertz CT molecular complexity index is 897. The fourth-order valence-corrected chi connectivity index (χ4v) is 3.88. The molecule has 0 amide bonds. The van der Waals surface area contributed by atoms with E-state index >= 15 is 0 Å². The molecule has 0 aliphatic carbocycles. The molecule has 5 nitrogen and oxygen atoms in total. The molecule has 0 radical (unpaired) electrons. The highest BCUT2D eigenvalue weighted by atomic mass is 32.1. The zero-order chi connectivity index (χ0) is 18.6. The van der Waals surface area contributed by atoms with Crippen molar-refractivity contribution in [3.05, 3.63) is 84.4 Å². The lowest BCUT2D eigenvalue weighted by molar-refractivity contribution is 0.164. The van der Waals surface area contributed by atoms with Crippen molar-refractivity contribution in [3.63, 3.8) is 0 Å². The Balaban J connectivity index is 1.70. The van der Waals surface area contributed by atoms with Gasteiger partial charge in [0, 0.05) is 37.9 Å². The molecule has 27 heavy (non-hydrogen) atoms. The van der Waals surface area contributed by atoms with Crippen LogP contribution in [0.2, 0.25) is 0 Å². The Labute approximate surface area is 164 Å². The van der Waals surface area contributed by atoms with Crippen LogP contribution in [0.15, 0.2) is 73.2 Å². The van der Waals surface area contributed by atoms with E-state index in [-0.39, 0.29) is 12.1 Å². The molecular weight excluding hydrogens is 356 g/mol. The molecule has 1 N–H and O–H groups in total. The molecule has 0 unspecified atom stereocenters. The third kappa shape index (κ3) is 3.59. The summed E-state index contributed by atoms with van der Waals surface area (Å²) in [7, 11) is 1.71. The molecule has 1 fully saturated rings. The Morgan fingerprint density at radius 3 is 2.67 bits per heavy atom. The number of benzene rings is 1. The molecule has 2 aromatic heterocycles. The first-order valence-corrected chi connectivity index (χ1v) is 9.39. The predicted molar refractivity (Wildman–Crippen MR) is 110 cm³/mol. The lowest BCUT2D eigenvalue weighted by Gasteiger charge is -2.26. The summed E-state index contributed by atoms with van der Waals surface area (Å²) in [5, 5.41) is 4.19. The summed E-state index contributed by atoms with van der Waals surface area (Å²) >= 11 is 5.63. The van der Waals surface area contributed by atoms with Crippen molar-refractivity contribution in [1.29, 1.82) is 0 Å². The number of thiocarbonyl (C=S) groups is 1. The maximum Gasteiger partial charge on any atom is 0.170 e. The van der Waals surface area contributed by atoms with Gasteiger partial charge in [0.15, 0.2) is 5.11 Å². The van der Waals surface area contributed by atoms with E-state index in [4.69, 9.17) is 17.0 Å². The Morgan fingerprint density at radius 2 is 1.93 bits per heavy atom. The van der Waals surface area contributed by atoms with E-state index in [1.165, 1.54) is 5.56 Å². The molecule has 138 valence electrons. The number of hydrogen-bond acceptors (Lipinski definition) is 3. The fourth-order valence-electron chi connectivity index (χ4n) is 3.55. The van der Waals surface area contributed by atoms with Gasteiger partial charge in [-0.3, -0.25) is 4.98 Å². The molecule has 0 saturated carbocycles. The van der Waals surface area contributed by atoms with E-state index in [0.717, 1.165) is 23.0 Å². The third-order valence-electron chi connectivity index (χ3n) is 4.85. The topological polar surface area (TPSA) is 42.3 Å². The molecule has 2 atom stereocenters. The zero-order valence-electron chi connectivity index (χ0n) is 15.2. The largest absolute Gasteiger partial charge is 0.383 e. The molecule has 0 spiro atoms. The van der Waals surface area contributed by atoms with Gasteiger partial charge in [0.1, 0.15) is 0 Å². The number of ether oxygens (including phenoxy) is 1. The quantitative estimate of drug-likeness (QED) is 0.665. The lowest BCUT2D eigenvalue weighted by Crippen LogP contribution is -2.32. The van der Waals surface area contributed by atoms with E-state index in [1.54, 1.807) is 7.11 Å². The van der Waals surface area contributed by atoms with Crippen LogP contribution in [0.1, 0.15) is 23.3 Å². The Kier molecular flexibility index (Phi) is 5.18. The van der Waals surface area contributed by atoms with Gasteiger partial charge in [0.2, 0.25) is 0 Å². The number of rotatable bonds is 6. The molecule has 1 aliphatic heterocycles. The third-order valence-corrected chi connectivity index (χ3v) is 5.20. The highest BCUT2D eigenvalue weighted by Crippen LogP contribution is 2.38. The molecule has 3 heterocycles. The number of pyridine rings is 1. The van der Waals surface area contributed by atoms with E-state index in [9.17, 15) is 0 Å². The van der Waals surface area contributed by atoms with Gasteiger partial charge in [0.25, 0.3) is 0 Å². The van der Waals surface area contributed by atoms with Gasteiger partial charge >= 0.3 is 0 Å². The van der Waals surface area contributed by atoms with Gasteiger partial charge in [-0.05, 0) is 48.1 Å². The van der Waals surface area contributed by atoms with Crippen molar-refractivity contribution in [2.45, 2.75) is 12.1 Å². The average molecular weight is 379 g/mol. The van der Waals surface area contributed by atoms with Crippen LogP contribution in [-0.4, -0.2) is 39.8 Å². The summed E-state index contributed by atoms with van der Waals surface area (Å²) in [6.07, 6.45) is 6.09. The van der Waals surface area contributed by atoms with Crippen molar-refractivity contribution >= 4 is 17.3 Å². The standard InChI is InChI=1S/C21H22N4OS/c1-26-14-13-25-20(19(23-21(25)27)18-9-5-6-11-22-18)16-10-12-24(15-16)17-7-3-2-4-8-17/h2-12,15,19-20H,13-14H2,1H3,(H,23,27)/t19-,20-/m0/s1. The van der Waals surface area contributed by atoms with Crippen LogP contribution in [0, 0.1) is 0 Å². The summed E-state index contributed by atoms with van der Waals surface area (Å²) in [6, 6.07) is 18.5. The molecule has 1 saturated heterocycles. The summed E-state index contributed by atoms with van der Waals surface area (Å²) in [4.78, 5) is 6.76. The van der Waals surface area contributed by atoms with Gasteiger partial charge in [-0.25, -0.2) is 0 Å². The van der Waals surface area contributed by atoms with Crippen LogP contribution in [-0.2, 0) is 4.74 Å². The van der Waals surface area contributed by atoms with Gasteiger partial charge < -0.3 is 19.5 Å². The monoisotopic (exact) mass is 378 g/mol. The first-order valence-electron chi connectivity index (χ1n) is 8.98. The van der Waals surface area contributed by atoms with Crippen LogP contribution in [0.3, 0.4) is 0 Å². The predicted octanol–water partition coefficient (Wildman–Crippen LogP) is 3.49. The van der Waals surface area contributed by atoms with Crippen molar-refractivity contribution in [3.8, 4) is 5.69 Å². The molecular formula is C21H22N4OS. The van der Waals surface area contributed by atoms with Gasteiger partial charge in [-0.2, -0.15) is 0 Å². The molecule has 1 aromatic carbocycles. The Hall–Kier alpha value is -2.70. The zero-order valence-corrected chi connectivity index (χ0v) is 16.0. The minimum absolute atomic E-state index is 0.00202. The van der Waals surface area contributed by atoms with Gasteiger partial charge in [-0.15, -0.1) is 0 Å². The second kappa shape index (κ2) is 7.90. The maximum atomic E-state index is 5.63. The maximum absolute atomic E-state index is 5.63. The van der Waals surface area contributed by atoms with Crippen molar-refractivity contribution in [2.75, 3.05) is 20.3 Å². The van der Waals surface area contributed by atoms with E-state index < -0.39 is 0 Å². The summed E-state index contributed by atoms with van der Waals surface area (Å²) < 4.78 is 7.44. The number of nitrogens with zero attached hydrogens (tertiary/aromatic N) is 3. The molecule has 3 aromatic rings. The highest BCUT2D eigenvalue weighted by molar-refractivity contribution is 7.80. The van der Waals surface area contributed by atoms with Crippen molar-refractivity contribution in [1.82, 2.24) is 19.8 Å². The van der Waals surface area contributed by atoms with Gasteiger partial charge in [-0.1, -0.05) is 24.3 Å². The van der Waals surface area contributed by atoms with Crippen molar-refractivity contribution in [2.24, 2.45) is 0 Å². The SMILES string of the molecule is COCCN1C(=S)N[C@@H](c2ccccn2)[C@@H]1c1ccn(-c2ccccc2)c1. The summed E-state index contributed by atoms with van der Waals surface area (Å²) in [6.45, 7) is 1.35. The normalized spacial score (nSPS) is 19.3. The van der Waals surface area contributed by atoms with E-state index in [1.807, 2.05) is 42.6 Å². The minimum Gasteiger partial charge on any atom is -0.383 e. The molecule has 6 heteroatoms. The van der Waals surface area contributed by atoms with Crippen LogP contribution in [0.5, 0.6) is 0 Å². The number of para-hydroxylation sites is 1. The minimum atomic E-state index is 0.00202. The second-order valence-corrected chi connectivity index (χ2v) is 6.89. The highest BCUT2D eigenvalue weighted by Gasteiger charge is 2.39. The van der Waals surface area contributed by atoms with E-state index in [2.05, 4.69) is 50.4 Å². The van der Waals surface area contributed by atoms with Crippen LogP contribution in [0.25, 0.3) is 5.69 Å². The first kappa shape index (κ1) is 17.7. The number of hydrogen-bond donors (Lipinski definition) is 1. The molecule has 4 rings (SSSR count). The van der Waals surface area contributed by atoms with Gasteiger partial charge in [0.05, 0.1) is 24.4 Å². The number of methoxy groups -OCH3 is 1. The number of nitrogens with one attached hydrogen (secondary N) is 1. The van der Waals surface area contributed by atoms with E-state index in [0.29, 0.717) is 6.61 Å². The molecule has 0 bridgehead atoms. The van der Waals surface area contributed by atoms with Crippen LogP contribution >= 0.6 is 12.2 Å². The summed E-state index contributed by atoms with van der Waals surface area (Å²) in [5.41, 5.74) is 3.31. The second-order valence-electron chi connectivity index (χ2n) is 6.50. The smallest absolute Gasteiger partial charge is 0.170 e.